The summed E-state index contributed by atoms with van der Waals surface area (Å²) in [6.45, 7) is 6.25. The normalized spacial score (nSPS) is 12.3. The first-order chi connectivity index (χ1) is 10.9. The molecule has 0 heterocycles. The second-order valence-corrected chi connectivity index (χ2v) is 6.77. The number of hydrogen-bond acceptors (Lipinski definition) is 1. The summed E-state index contributed by atoms with van der Waals surface area (Å²) in [4.78, 5) is 12.5. The maximum atomic E-state index is 13.2. The van der Waals surface area contributed by atoms with Crippen molar-refractivity contribution in [1.29, 1.82) is 0 Å². The quantitative estimate of drug-likeness (QED) is 0.754. The maximum absolute atomic E-state index is 13.2. The van der Waals surface area contributed by atoms with E-state index in [0.717, 1.165) is 12.0 Å². The molecule has 0 bridgehead atoms. The average molecular weight is 378 g/mol. The van der Waals surface area contributed by atoms with Crippen LogP contribution in [0.2, 0.25) is 0 Å². The highest BCUT2D eigenvalue weighted by atomic mass is 79.9. The molecule has 1 atom stereocenters. The zero-order valence-corrected chi connectivity index (χ0v) is 15.2. The SMILES string of the molecule is CCc1ccc(C(NC(=O)c2ccc(F)cc2Br)C(C)C)cc1. The molecule has 0 aliphatic carbocycles. The molecular formula is C19H21BrFNO. The first-order valence-electron chi connectivity index (χ1n) is 7.77. The van der Waals surface area contributed by atoms with Crippen LogP contribution in [0.1, 0.15) is 48.3 Å². The van der Waals surface area contributed by atoms with Gasteiger partial charge in [-0.15, -0.1) is 0 Å². The Morgan fingerprint density at radius 2 is 1.83 bits per heavy atom. The number of benzene rings is 2. The van der Waals surface area contributed by atoms with Gasteiger partial charge in [0.15, 0.2) is 0 Å². The Kier molecular flexibility index (Phi) is 5.94. The fourth-order valence-corrected chi connectivity index (χ4v) is 3.02. The minimum atomic E-state index is -0.371. The number of halogens is 2. The van der Waals surface area contributed by atoms with E-state index in [1.807, 2.05) is 0 Å². The number of hydrogen-bond donors (Lipinski definition) is 1. The Morgan fingerprint density at radius 1 is 1.17 bits per heavy atom. The lowest BCUT2D eigenvalue weighted by molar-refractivity contribution is 0.0925. The molecule has 2 aromatic rings. The lowest BCUT2D eigenvalue weighted by atomic mass is 9.94. The Labute approximate surface area is 145 Å². The highest BCUT2D eigenvalue weighted by Crippen LogP contribution is 2.24. The van der Waals surface area contributed by atoms with Crippen molar-refractivity contribution in [3.8, 4) is 0 Å². The van der Waals surface area contributed by atoms with E-state index < -0.39 is 0 Å². The van der Waals surface area contributed by atoms with Crippen molar-refractivity contribution in [2.75, 3.05) is 0 Å². The van der Waals surface area contributed by atoms with Crippen LogP contribution in [0.3, 0.4) is 0 Å². The van der Waals surface area contributed by atoms with Gasteiger partial charge < -0.3 is 5.32 Å². The molecule has 0 aliphatic rings. The molecule has 2 nitrogen and oxygen atoms in total. The molecule has 0 radical (unpaired) electrons. The van der Waals surface area contributed by atoms with Crippen molar-refractivity contribution in [2.24, 2.45) is 5.92 Å². The highest BCUT2D eigenvalue weighted by molar-refractivity contribution is 9.10. The molecule has 0 aromatic heterocycles. The van der Waals surface area contributed by atoms with E-state index >= 15 is 0 Å². The second kappa shape index (κ2) is 7.73. The van der Waals surface area contributed by atoms with Crippen molar-refractivity contribution in [3.63, 3.8) is 0 Å². The van der Waals surface area contributed by atoms with Crippen LogP contribution in [0, 0.1) is 11.7 Å². The lowest BCUT2D eigenvalue weighted by Crippen LogP contribution is -2.32. The van der Waals surface area contributed by atoms with E-state index in [4.69, 9.17) is 0 Å². The standard InChI is InChI=1S/C19H21BrFNO/c1-4-13-5-7-14(8-6-13)18(12(2)3)22-19(23)16-10-9-15(21)11-17(16)20/h5-12,18H,4H2,1-3H3,(H,22,23). The third kappa shape index (κ3) is 4.41. The van der Waals surface area contributed by atoms with Gasteiger partial charge >= 0.3 is 0 Å². The van der Waals surface area contributed by atoms with Crippen LogP contribution in [-0.2, 0) is 6.42 Å². The third-order valence-electron chi connectivity index (χ3n) is 3.88. The third-order valence-corrected chi connectivity index (χ3v) is 4.53. The van der Waals surface area contributed by atoms with E-state index in [-0.39, 0.29) is 23.7 Å². The summed E-state index contributed by atoms with van der Waals surface area (Å²) in [6.07, 6.45) is 0.988. The number of aryl methyl sites for hydroxylation is 1. The molecule has 0 aliphatic heterocycles. The molecule has 0 saturated carbocycles. The zero-order valence-electron chi connectivity index (χ0n) is 13.6. The Bertz CT molecular complexity index is 682. The summed E-state index contributed by atoms with van der Waals surface area (Å²) in [7, 11) is 0. The number of carbonyl (C=O) groups is 1. The largest absolute Gasteiger partial charge is 0.345 e. The second-order valence-electron chi connectivity index (χ2n) is 5.91. The molecule has 1 N–H and O–H groups in total. The van der Waals surface area contributed by atoms with E-state index in [1.54, 1.807) is 0 Å². The molecular weight excluding hydrogens is 357 g/mol. The lowest BCUT2D eigenvalue weighted by Gasteiger charge is -2.23. The van der Waals surface area contributed by atoms with Gasteiger partial charge in [0, 0.05) is 4.47 Å². The van der Waals surface area contributed by atoms with Crippen LogP contribution in [0.25, 0.3) is 0 Å². The smallest absolute Gasteiger partial charge is 0.252 e. The van der Waals surface area contributed by atoms with Gasteiger partial charge in [0.1, 0.15) is 5.82 Å². The van der Waals surface area contributed by atoms with Crippen molar-refractivity contribution in [2.45, 2.75) is 33.2 Å². The van der Waals surface area contributed by atoms with Gasteiger partial charge in [-0.25, -0.2) is 4.39 Å². The average Bonchev–Trinajstić information content (AvgIpc) is 2.52. The van der Waals surface area contributed by atoms with Crippen LogP contribution in [0.4, 0.5) is 4.39 Å². The molecule has 2 rings (SSSR count). The van der Waals surface area contributed by atoms with Gasteiger partial charge in [-0.1, -0.05) is 45.0 Å². The van der Waals surface area contributed by atoms with Gasteiger partial charge in [0.05, 0.1) is 11.6 Å². The van der Waals surface area contributed by atoms with Gasteiger partial charge in [0.2, 0.25) is 0 Å². The van der Waals surface area contributed by atoms with Crippen LogP contribution < -0.4 is 5.32 Å². The Balaban J connectivity index is 2.23. The van der Waals surface area contributed by atoms with Gasteiger partial charge in [0.25, 0.3) is 5.91 Å². The summed E-state index contributed by atoms with van der Waals surface area (Å²) in [5.41, 5.74) is 2.77. The van der Waals surface area contributed by atoms with Crippen molar-refractivity contribution in [1.82, 2.24) is 5.32 Å². The number of rotatable bonds is 5. The fraction of sp³-hybridized carbons (Fsp3) is 0.316. The molecule has 1 unspecified atom stereocenters. The molecule has 1 amide bonds. The van der Waals surface area contributed by atoms with Crippen LogP contribution >= 0.6 is 15.9 Å². The van der Waals surface area contributed by atoms with Crippen LogP contribution in [0.5, 0.6) is 0 Å². The monoisotopic (exact) mass is 377 g/mol. The van der Waals surface area contributed by atoms with Gasteiger partial charge in [-0.2, -0.15) is 0 Å². The first kappa shape index (κ1) is 17.7. The topological polar surface area (TPSA) is 29.1 Å². The Morgan fingerprint density at radius 3 is 2.35 bits per heavy atom. The van der Waals surface area contributed by atoms with E-state index in [9.17, 15) is 9.18 Å². The summed E-state index contributed by atoms with van der Waals surface area (Å²) in [5, 5.41) is 3.06. The molecule has 0 saturated heterocycles. The highest BCUT2D eigenvalue weighted by Gasteiger charge is 2.20. The minimum absolute atomic E-state index is 0.0923. The predicted molar refractivity (Wildman–Crippen MR) is 95.0 cm³/mol. The Hall–Kier alpha value is -1.68. The molecule has 2 aromatic carbocycles. The molecule has 122 valence electrons. The number of amides is 1. The van der Waals surface area contributed by atoms with Gasteiger partial charge in [-0.05, 0) is 57.6 Å². The fourth-order valence-electron chi connectivity index (χ4n) is 2.49. The van der Waals surface area contributed by atoms with Crippen molar-refractivity contribution < 1.29 is 9.18 Å². The molecule has 0 spiro atoms. The maximum Gasteiger partial charge on any atom is 0.252 e. The molecule has 0 fully saturated rings. The molecule has 23 heavy (non-hydrogen) atoms. The summed E-state index contributed by atoms with van der Waals surface area (Å²) < 4.78 is 13.6. The van der Waals surface area contributed by atoms with Crippen LogP contribution in [-0.4, -0.2) is 5.91 Å². The van der Waals surface area contributed by atoms with Crippen LogP contribution in [0.15, 0.2) is 46.9 Å². The number of carbonyl (C=O) groups excluding carboxylic acids is 1. The zero-order chi connectivity index (χ0) is 17.0. The summed E-state index contributed by atoms with van der Waals surface area (Å²) in [5.74, 6) is -0.343. The van der Waals surface area contributed by atoms with Crippen molar-refractivity contribution >= 4 is 21.8 Å². The minimum Gasteiger partial charge on any atom is -0.345 e. The summed E-state index contributed by atoms with van der Waals surface area (Å²) in [6, 6.07) is 12.3. The van der Waals surface area contributed by atoms with E-state index in [0.29, 0.717) is 10.0 Å². The predicted octanol–water partition coefficient (Wildman–Crippen LogP) is 5.28. The van der Waals surface area contributed by atoms with Gasteiger partial charge in [-0.3, -0.25) is 4.79 Å². The first-order valence-corrected chi connectivity index (χ1v) is 8.56. The number of nitrogens with one attached hydrogen (secondary N) is 1. The summed E-state index contributed by atoms with van der Waals surface area (Å²) >= 11 is 3.25. The van der Waals surface area contributed by atoms with E-state index in [1.165, 1.54) is 23.8 Å². The van der Waals surface area contributed by atoms with Crippen molar-refractivity contribution in [3.05, 3.63) is 69.4 Å². The molecule has 4 heteroatoms. The van der Waals surface area contributed by atoms with E-state index in [2.05, 4.69) is 66.3 Å².